The predicted octanol–water partition coefficient (Wildman–Crippen LogP) is 4.39. The van der Waals surface area contributed by atoms with Crippen LogP contribution in [0.15, 0.2) is 36.4 Å². The molecule has 0 aliphatic carbocycles. The van der Waals surface area contributed by atoms with Crippen molar-refractivity contribution in [1.29, 1.82) is 0 Å². The minimum absolute atomic E-state index is 0.346. The van der Waals surface area contributed by atoms with Crippen LogP contribution < -0.4 is 8.79 Å². The minimum atomic E-state index is -2.05. The van der Waals surface area contributed by atoms with Gasteiger partial charge in [0, 0.05) is 0 Å². The molecule has 1 aliphatic rings. The fourth-order valence-corrected chi connectivity index (χ4v) is 10.1. The number of hydrogen-bond acceptors (Lipinski definition) is 0. The van der Waals surface area contributed by atoms with Gasteiger partial charge in [0.05, 0.1) is 0 Å². The first-order valence-corrected chi connectivity index (χ1v) is 14.2. The molecule has 0 atom stereocenters. The quantitative estimate of drug-likeness (QED) is 0.676. The summed E-state index contributed by atoms with van der Waals surface area (Å²) < 4.78 is 3.32. The Balaban J connectivity index is 2.17. The van der Waals surface area contributed by atoms with Crippen molar-refractivity contribution in [3.05, 3.63) is 47.5 Å². The van der Waals surface area contributed by atoms with Crippen LogP contribution in [0.4, 0.5) is 0 Å². The molecule has 1 heteroatoms. The van der Waals surface area contributed by atoms with Gasteiger partial charge in [0.25, 0.3) is 0 Å². The Kier molecular flexibility index (Phi) is 3.36. The summed E-state index contributed by atoms with van der Waals surface area (Å²) >= 11 is -2.05. The molecule has 0 N–H and O–H groups in total. The van der Waals surface area contributed by atoms with Crippen LogP contribution in [0.3, 0.4) is 0 Å². The second-order valence-corrected chi connectivity index (χ2v) is 17.4. The summed E-state index contributed by atoms with van der Waals surface area (Å²) in [4.78, 5) is 0. The molecule has 0 spiro atoms. The van der Waals surface area contributed by atoms with E-state index >= 15 is 0 Å². The molecule has 0 fully saturated rings. The van der Waals surface area contributed by atoms with Crippen LogP contribution in [0, 0.1) is 12.3 Å². The summed E-state index contributed by atoms with van der Waals surface area (Å²) in [5.41, 5.74) is 6.25. The summed E-state index contributed by atoms with van der Waals surface area (Å²) in [6.07, 6.45) is 1.15. The van der Waals surface area contributed by atoms with Crippen LogP contribution in [0.2, 0.25) is 11.5 Å². The van der Waals surface area contributed by atoms with E-state index in [2.05, 4.69) is 75.6 Å². The number of fused-ring (bicyclic) bond motifs is 3. The maximum absolute atomic E-state index is 2.53. The molecule has 0 unspecified atom stereocenters. The Morgan fingerprint density at radius 1 is 0.857 bits per heavy atom. The summed E-state index contributed by atoms with van der Waals surface area (Å²) in [6, 6.07) is 14.4. The van der Waals surface area contributed by atoms with Crippen molar-refractivity contribution in [2.75, 3.05) is 0 Å². The molecule has 0 aromatic heterocycles. The normalized spacial score (nSPS) is 15.7. The average molecular weight is 339 g/mol. The first kappa shape index (κ1) is 14.9. The zero-order chi connectivity index (χ0) is 15.4. The van der Waals surface area contributed by atoms with Gasteiger partial charge < -0.3 is 0 Å². The average Bonchev–Trinajstić information content (AvgIpc) is 2.56. The molecule has 0 nitrogen and oxygen atoms in total. The molecular formula is C20H26Ge. The fourth-order valence-electron chi connectivity index (χ4n) is 3.65. The van der Waals surface area contributed by atoms with Gasteiger partial charge in [0.15, 0.2) is 0 Å². The van der Waals surface area contributed by atoms with Crippen molar-refractivity contribution < 1.29 is 0 Å². The van der Waals surface area contributed by atoms with E-state index < -0.39 is 13.3 Å². The molecule has 0 bridgehead atoms. The van der Waals surface area contributed by atoms with Crippen molar-refractivity contribution in [1.82, 2.24) is 0 Å². The fraction of sp³-hybridized carbons (Fsp3) is 0.400. The molecule has 0 radical (unpaired) electrons. The summed E-state index contributed by atoms with van der Waals surface area (Å²) in [5, 5.41) is 0. The zero-order valence-electron chi connectivity index (χ0n) is 14.2. The Labute approximate surface area is 132 Å². The third kappa shape index (κ3) is 2.59. The molecule has 1 aliphatic heterocycles. The van der Waals surface area contributed by atoms with E-state index in [1.165, 1.54) is 22.3 Å². The van der Waals surface area contributed by atoms with Crippen LogP contribution in [-0.4, -0.2) is 13.3 Å². The van der Waals surface area contributed by atoms with E-state index in [4.69, 9.17) is 0 Å². The van der Waals surface area contributed by atoms with Crippen molar-refractivity contribution in [3.63, 3.8) is 0 Å². The van der Waals surface area contributed by atoms with Crippen molar-refractivity contribution in [3.8, 4) is 11.1 Å². The first-order chi connectivity index (χ1) is 9.68. The van der Waals surface area contributed by atoms with Crippen molar-refractivity contribution in [2.24, 2.45) is 5.41 Å². The van der Waals surface area contributed by atoms with E-state index in [0.29, 0.717) is 5.41 Å². The van der Waals surface area contributed by atoms with E-state index in [1.54, 1.807) is 8.79 Å². The summed E-state index contributed by atoms with van der Waals surface area (Å²) in [6.45, 7) is 9.16. The molecule has 0 amide bonds. The molecule has 0 saturated carbocycles. The van der Waals surface area contributed by atoms with E-state index in [-0.39, 0.29) is 0 Å². The third-order valence-corrected chi connectivity index (χ3v) is 12.1. The predicted molar refractivity (Wildman–Crippen MR) is 96.5 cm³/mol. The van der Waals surface area contributed by atoms with Gasteiger partial charge in [0.2, 0.25) is 0 Å². The van der Waals surface area contributed by atoms with Gasteiger partial charge in [-0.05, 0) is 0 Å². The van der Waals surface area contributed by atoms with Gasteiger partial charge in [-0.2, -0.15) is 0 Å². The van der Waals surface area contributed by atoms with Crippen LogP contribution in [0.25, 0.3) is 11.1 Å². The van der Waals surface area contributed by atoms with Gasteiger partial charge in [0.1, 0.15) is 0 Å². The maximum atomic E-state index is 2.53. The van der Waals surface area contributed by atoms with Gasteiger partial charge in [-0.3, -0.25) is 0 Å². The molecule has 2 aromatic carbocycles. The van der Waals surface area contributed by atoms with Gasteiger partial charge in [-0.1, -0.05) is 0 Å². The number of rotatable bonds is 1. The zero-order valence-corrected chi connectivity index (χ0v) is 16.3. The van der Waals surface area contributed by atoms with Gasteiger partial charge in [-0.15, -0.1) is 0 Å². The number of aryl methyl sites for hydroxylation is 1. The van der Waals surface area contributed by atoms with Crippen LogP contribution >= 0.6 is 0 Å². The Hall–Kier alpha value is -1.02. The van der Waals surface area contributed by atoms with E-state index in [1.807, 2.05) is 0 Å². The first-order valence-electron chi connectivity index (χ1n) is 7.93. The molecule has 1 heterocycles. The SMILES string of the molecule is Cc1cc[c]2c(c1)-c1cc(CC(C)(C)C)cc[c]1[Ge]2([CH3])[CH3]. The second-order valence-electron chi connectivity index (χ2n) is 8.29. The number of benzene rings is 2. The monoisotopic (exact) mass is 340 g/mol. The standard InChI is InChI=1S/C20H26Ge/c1-14-7-9-18-16(11-14)17-12-15(13-20(2,3)4)8-10-19(17)21(18,5)6/h7-12H,13H2,1-6H3. The Morgan fingerprint density at radius 2 is 1.43 bits per heavy atom. The molecule has 21 heavy (non-hydrogen) atoms. The van der Waals surface area contributed by atoms with Gasteiger partial charge >= 0.3 is 132 Å². The molecule has 2 aromatic rings. The Morgan fingerprint density at radius 3 is 2.05 bits per heavy atom. The molecule has 110 valence electrons. The third-order valence-electron chi connectivity index (χ3n) is 4.63. The Bertz CT molecular complexity index is 702. The second kappa shape index (κ2) is 4.74. The summed E-state index contributed by atoms with van der Waals surface area (Å²) in [5.74, 6) is 5.06. The summed E-state index contributed by atoms with van der Waals surface area (Å²) in [7, 11) is 0. The molecular weight excluding hydrogens is 313 g/mol. The number of hydrogen-bond donors (Lipinski definition) is 0. The van der Waals surface area contributed by atoms with Gasteiger partial charge in [-0.25, -0.2) is 0 Å². The van der Waals surface area contributed by atoms with E-state index in [9.17, 15) is 0 Å². The van der Waals surface area contributed by atoms with E-state index in [0.717, 1.165) is 6.42 Å². The molecule has 0 saturated heterocycles. The van der Waals surface area contributed by atoms with Crippen molar-refractivity contribution >= 4 is 22.1 Å². The topological polar surface area (TPSA) is 0 Å². The van der Waals surface area contributed by atoms with Crippen LogP contribution in [0.1, 0.15) is 31.9 Å². The van der Waals surface area contributed by atoms with Crippen LogP contribution in [-0.2, 0) is 6.42 Å². The molecule has 3 rings (SSSR count). The van der Waals surface area contributed by atoms with Crippen molar-refractivity contribution in [2.45, 2.75) is 45.6 Å². The van der Waals surface area contributed by atoms with Crippen LogP contribution in [0.5, 0.6) is 0 Å².